The number of carbonyl (C=O) groups excluding carboxylic acids is 1. The van der Waals surface area contributed by atoms with Crippen LogP contribution in [0.3, 0.4) is 0 Å². The van der Waals surface area contributed by atoms with E-state index in [4.69, 9.17) is 10.8 Å². The van der Waals surface area contributed by atoms with E-state index in [2.05, 4.69) is 10.3 Å². The van der Waals surface area contributed by atoms with E-state index in [1.807, 2.05) is 23.6 Å². The van der Waals surface area contributed by atoms with Gasteiger partial charge in [0.15, 0.2) is 0 Å². The second-order valence-electron chi connectivity index (χ2n) is 5.41. The van der Waals surface area contributed by atoms with Crippen molar-refractivity contribution in [1.82, 2.24) is 10.3 Å². The maximum atomic E-state index is 12.7. The van der Waals surface area contributed by atoms with Crippen LogP contribution in [-0.2, 0) is 6.61 Å². The number of aliphatic hydroxyl groups is 1. The van der Waals surface area contributed by atoms with Crippen molar-refractivity contribution in [3.8, 4) is 5.75 Å². The van der Waals surface area contributed by atoms with Crippen LogP contribution in [0.4, 0.5) is 5.82 Å². The van der Waals surface area contributed by atoms with Gasteiger partial charge in [-0.15, -0.1) is 11.3 Å². The number of carbonyl (C=O) groups is 1. The highest BCUT2D eigenvalue weighted by molar-refractivity contribution is 7.10. The molecule has 0 saturated carbocycles. The van der Waals surface area contributed by atoms with Crippen LogP contribution < -0.4 is 11.1 Å². The highest BCUT2D eigenvalue weighted by atomic mass is 32.1. The van der Waals surface area contributed by atoms with Gasteiger partial charge in [-0.1, -0.05) is 18.2 Å². The normalized spacial score (nSPS) is 11.9. The van der Waals surface area contributed by atoms with E-state index in [0.29, 0.717) is 5.69 Å². The summed E-state index contributed by atoms with van der Waals surface area (Å²) in [7, 11) is 0. The number of phenols is 1. The van der Waals surface area contributed by atoms with Crippen molar-refractivity contribution >= 4 is 23.1 Å². The lowest BCUT2D eigenvalue weighted by Gasteiger charge is -2.19. The lowest BCUT2D eigenvalue weighted by Crippen LogP contribution is -2.29. The molecule has 0 bridgehead atoms. The predicted molar refractivity (Wildman–Crippen MR) is 96.3 cm³/mol. The third-order valence-electron chi connectivity index (χ3n) is 3.70. The van der Waals surface area contributed by atoms with E-state index in [-0.39, 0.29) is 29.6 Å². The molecule has 1 aromatic carbocycles. The van der Waals surface area contributed by atoms with E-state index < -0.39 is 6.04 Å². The third kappa shape index (κ3) is 3.78. The Morgan fingerprint density at radius 2 is 2.08 bits per heavy atom. The lowest BCUT2D eigenvalue weighted by molar-refractivity contribution is 0.0944. The zero-order chi connectivity index (χ0) is 17.8. The van der Waals surface area contributed by atoms with Crippen molar-refractivity contribution in [3.63, 3.8) is 0 Å². The van der Waals surface area contributed by atoms with Gasteiger partial charge >= 0.3 is 0 Å². The van der Waals surface area contributed by atoms with Crippen molar-refractivity contribution < 1.29 is 15.0 Å². The molecule has 0 saturated heterocycles. The molecule has 2 heterocycles. The van der Waals surface area contributed by atoms with Crippen LogP contribution in [0.25, 0.3) is 0 Å². The van der Waals surface area contributed by atoms with Crippen LogP contribution >= 0.6 is 11.3 Å². The number of pyridine rings is 1. The fraction of sp³-hybridized carbons (Fsp3) is 0.111. The molecule has 1 atom stereocenters. The number of amides is 1. The van der Waals surface area contributed by atoms with Crippen LogP contribution in [0.15, 0.2) is 53.9 Å². The van der Waals surface area contributed by atoms with Gasteiger partial charge in [0.25, 0.3) is 5.91 Å². The van der Waals surface area contributed by atoms with Gasteiger partial charge in [0.05, 0.1) is 23.9 Å². The number of benzene rings is 1. The highest BCUT2D eigenvalue weighted by Crippen LogP contribution is 2.28. The number of nitrogens with two attached hydrogens (primary N) is 1. The molecule has 1 amide bonds. The lowest BCUT2D eigenvalue weighted by atomic mass is 10.0. The molecular formula is C18H17N3O3S. The fourth-order valence-electron chi connectivity index (χ4n) is 2.48. The smallest absolute Gasteiger partial charge is 0.255 e. The molecule has 0 aliphatic carbocycles. The van der Waals surface area contributed by atoms with E-state index in [1.54, 1.807) is 24.3 Å². The number of nitrogens with zero attached hydrogens (tertiary/aromatic N) is 1. The SMILES string of the molecule is Nc1nc(CO)ccc1C(=O)NC(c1cccc(O)c1)c1cccs1. The van der Waals surface area contributed by atoms with Crippen LogP contribution in [0.1, 0.15) is 32.5 Å². The molecule has 0 spiro atoms. The number of nitrogen functional groups attached to an aromatic ring is 1. The Bertz CT molecular complexity index is 881. The number of hydrogen-bond acceptors (Lipinski definition) is 6. The number of aromatic nitrogens is 1. The molecule has 2 aromatic heterocycles. The summed E-state index contributed by atoms with van der Waals surface area (Å²) in [5.41, 5.74) is 7.23. The van der Waals surface area contributed by atoms with E-state index in [9.17, 15) is 9.90 Å². The number of rotatable bonds is 5. The molecule has 0 radical (unpaired) electrons. The van der Waals surface area contributed by atoms with E-state index in [1.165, 1.54) is 17.4 Å². The summed E-state index contributed by atoms with van der Waals surface area (Å²) >= 11 is 1.50. The van der Waals surface area contributed by atoms with Crippen molar-refractivity contribution in [2.75, 3.05) is 5.73 Å². The zero-order valence-corrected chi connectivity index (χ0v) is 14.0. The Kier molecular flexibility index (Phi) is 4.97. The first-order valence-corrected chi connectivity index (χ1v) is 8.46. The number of anilines is 1. The summed E-state index contributed by atoms with van der Waals surface area (Å²) in [6.07, 6.45) is 0. The first-order chi connectivity index (χ1) is 12.1. The van der Waals surface area contributed by atoms with E-state index >= 15 is 0 Å². The standard InChI is InChI=1S/C18H17N3O3S/c19-17-14(7-6-12(10-22)20-17)18(24)21-16(15-5-2-8-25-15)11-3-1-4-13(23)9-11/h1-9,16,22-23H,10H2,(H2,19,20)(H,21,24). The quantitative estimate of drug-likeness (QED) is 0.562. The molecule has 6 nitrogen and oxygen atoms in total. The zero-order valence-electron chi connectivity index (χ0n) is 13.2. The third-order valence-corrected chi connectivity index (χ3v) is 4.63. The number of aliphatic hydroxyl groups excluding tert-OH is 1. The minimum absolute atomic E-state index is 0.0601. The van der Waals surface area contributed by atoms with Crippen molar-refractivity contribution in [2.45, 2.75) is 12.6 Å². The fourth-order valence-corrected chi connectivity index (χ4v) is 3.29. The van der Waals surface area contributed by atoms with Crippen LogP contribution in [0.2, 0.25) is 0 Å². The number of thiophene rings is 1. The minimum atomic E-state index is -0.420. The van der Waals surface area contributed by atoms with Gasteiger partial charge in [0.2, 0.25) is 0 Å². The largest absolute Gasteiger partial charge is 0.508 e. The molecule has 1 unspecified atom stereocenters. The average Bonchev–Trinajstić information content (AvgIpc) is 3.13. The second-order valence-corrected chi connectivity index (χ2v) is 6.39. The van der Waals surface area contributed by atoms with Crippen molar-refractivity contribution in [2.24, 2.45) is 0 Å². The number of aromatic hydroxyl groups is 1. The minimum Gasteiger partial charge on any atom is -0.508 e. The molecule has 25 heavy (non-hydrogen) atoms. The topological polar surface area (TPSA) is 108 Å². The molecule has 3 aromatic rings. The molecule has 128 valence electrons. The Hall–Kier alpha value is -2.90. The molecule has 3 rings (SSSR count). The van der Waals surface area contributed by atoms with Crippen LogP contribution in [0.5, 0.6) is 5.75 Å². The first-order valence-electron chi connectivity index (χ1n) is 7.58. The van der Waals surface area contributed by atoms with Crippen molar-refractivity contribution in [3.05, 3.63) is 75.6 Å². The Balaban J connectivity index is 1.92. The molecule has 5 N–H and O–H groups in total. The average molecular weight is 355 g/mol. The van der Waals surface area contributed by atoms with Gasteiger partial charge in [0, 0.05) is 4.88 Å². The second kappa shape index (κ2) is 7.33. The van der Waals surface area contributed by atoms with Gasteiger partial charge in [-0.3, -0.25) is 4.79 Å². The molecule has 0 aliphatic heterocycles. The van der Waals surface area contributed by atoms with Gasteiger partial charge in [-0.05, 0) is 41.3 Å². The van der Waals surface area contributed by atoms with Crippen LogP contribution in [-0.4, -0.2) is 21.1 Å². The summed E-state index contributed by atoms with van der Waals surface area (Å²) < 4.78 is 0. The Labute approximate surface area is 148 Å². The molecular weight excluding hydrogens is 338 g/mol. The summed E-state index contributed by atoms with van der Waals surface area (Å²) in [4.78, 5) is 17.6. The van der Waals surface area contributed by atoms with Gasteiger partial charge in [0.1, 0.15) is 11.6 Å². The van der Waals surface area contributed by atoms with E-state index in [0.717, 1.165) is 10.4 Å². The highest BCUT2D eigenvalue weighted by Gasteiger charge is 2.21. The summed E-state index contributed by atoms with van der Waals surface area (Å²) in [6, 6.07) is 13.2. The maximum Gasteiger partial charge on any atom is 0.255 e. The predicted octanol–water partition coefficient (Wildman–Crippen LogP) is 2.44. The van der Waals surface area contributed by atoms with Crippen molar-refractivity contribution in [1.29, 1.82) is 0 Å². The Morgan fingerprint density at radius 1 is 1.24 bits per heavy atom. The van der Waals surface area contributed by atoms with Crippen LogP contribution in [0, 0.1) is 0 Å². The summed E-state index contributed by atoms with van der Waals surface area (Å²) in [5, 5.41) is 23.7. The number of nitrogens with one attached hydrogen (secondary N) is 1. The summed E-state index contributed by atoms with van der Waals surface area (Å²) in [6.45, 7) is -0.243. The number of hydrogen-bond donors (Lipinski definition) is 4. The van der Waals surface area contributed by atoms with Gasteiger partial charge in [-0.2, -0.15) is 0 Å². The monoisotopic (exact) mass is 355 g/mol. The van der Waals surface area contributed by atoms with Gasteiger partial charge < -0.3 is 21.3 Å². The maximum absolute atomic E-state index is 12.7. The first kappa shape index (κ1) is 16.9. The molecule has 7 heteroatoms. The number of phenolic OH excluding ortho intramolecular Hbond substituents is 1. The van der Waals surface area contributed by atoms with Gasteiger partial charge in [-0.25, -0.2) is 4.98 Å². The molecule has 0 aliphatic rings. The summed E-state index contributed by atoms with van der Waals surface area (Å²) in [5.74, 6) is -0.192. The molecule has 0 fully saturated rings. The Morgan fingerprint density at radius 3 is 2.72 bits per heavy atom.